The largest absolute Gasteiger partial charge is 0.316 e. The van der Waals surface area contributed by atoms with Crippen LogP contribution in [-0.2, 0) is 6.42 Å². The molecule has 2 aromatic carbocycles. The Labute approximate surface area is 132 Å². The zero-order valence-corrected chi connectivity index (χ0v) is 13.1. The number of rotatable bonds is 6. The van der Waals surface area contributed by atoms with E-state index >= 15 is 0 Å². The summed E-state index contributed by atoms with van der Waals surface area (Å²) >= 11 is 7.74. The minimum atomic E-state index is -0.543. The predicted octanol–water partition coefficient (Wildman–Crippen LogP) is 4.54. The van der Waals surface area contributed by atoms with Crippen molar-refractivity contribution in [2.45, 2.75) is 17.4 Å². The van der Waals surface area contributed by atoms with Crippen LogP contribution in [0.4, 0.5) is 8.78 Å². The van der Waals surface area contributed by atoms with E-state index in [2.05, 4.69) is 5.32 Å². The summed E-state index contributed by atoms with van der Waals surface area (Å²) in [6, 6.07) is 11.4. The Kier molecular flexibility index (Phi) is 6.03. The highest BCUT2D eigenvalue weighted by Crippen LogP contribution is 2.27. The molecule has 0 aliphatic rings. The van der Waals surface area contributed by atoms with E-state index in [4.69, 9.17) is 11.6 Å². The molecule has 2 rings (SSSR count). The molecular weight excluding hydrogens is 312 g/mol. The Hall–Kier alpha value is -1.10. The summed E-state index contributed by atoms with van der Waals surface area (Å²) in [5, 5.41) is 3.89. The molecule has 1 atom stereocenters. The molecular formula is C16H16ClF2NS. The van der Waals surface area contributed by atoms with Gasteiger partial charge in [0, 0.05) is 22.8 Å². The van der Waals surface area contributed by atoms with E-state index in [-0.39, 0.29) is 6.04 Å². The molecule has 1 unspecified atom stereocenters. The molecule has 0 aliphatic heterocycles. The fourth-order valence-corrected chi connectivity index (χ4v) is 3.36. The molecule has 0 bridgehead atoms. The Morgan fingerprint density at radius 3 is 2.43 bits per heavy atom. The molecule has 2 aromatic rings. The third-order valence-electron chi connectivity index (χ3n) is 3.09. The van der Waals surface area contributed by atoms with E-state index < -0.39 is 11.6 Å². The maximum absolute atomic E-state index is 13.2. The maximum Gasteiger partial charge on any atom is 0.126 e. The lowest BCUT2D eigenvalue weighted by Crippen LogP contribution is -2.30. The summed E-state index contributed by atoms with van der Waals surface area (Å²) in [4.78, 5) is 1.00. The Morgan fingerprint density at radius 1 is 1.14 bits per heavy atom. The van der Waals surface area contributed by atoms with E-state index in [1.165, 1.54) is 12.1 Å². The molecule has 5 heteroatoms. The van der Waals surface area contributed by atoms with Gasteiger partial charge in [-0.25, -0.2) is 8.78 Å². The van der Waals surface area contributed by atoms with Gasteiger partial charge in [-0.05, 0) is 43.3 Å². The monoisotopic (exact) mass is 327 g/mol. The summed E-state index contributed by atoms with van der Waals surface area (Å²) in [7, 11) is 1.84. The zero-order chi connectivity index (χ0) is 15.2. The number of thioether (sulfide) groups is 1. The molecule has 0 spiro atoms. The van der Waals surface area contributed by atoms with Crippen molar-refractivity contribution in [3.8, 4) is 0 Å². The lowest BCUT2D eigenvalue weighted by atomic mass is 10.1. The smallest absolute Gasteiger partial charge is 0.126 e. The van der Waals surface area contributed by atoms with Gasteiger partial charge in [0.25, 0.3) is 0 Å². The van der Waals surface area contributed by atoms with Gasteiger partial charge in [-0.1, -0.05) is 23.7 Å². The van der Waals surface area contributed by atoms with E-state index in [9.17, 15) is 8.78 Å². The standard InChI is InChI=1S/C16H16ClF2NS/c1-20-14(8-11-6-12(18)9-13(19)7-11)10-21-16-5-3-2-4-15(16)17/h2-7,9,14,20H,8,10H2,1H3. The predicted molar refractivity (Wildman–Crippen MR) is 85.1 cm³/mol. The van der Waals surface area contributed by atoms with Crippen molar-refractivity contribution in [3.05, 3.63) is 64.7 Å². The van der Waals surface area contributed by atoms with Crippen LogP contribution < -0.4 is 5.32 Å². The van der Waals surface area contributed by atoms with Gasteiger partial charge in [-0.15, -0.1) is 11.8 Å². The molecule has 21 heavy (non-hydrogen) atoms. The Balaban J connectivity index is 1.98. The van der Waals surface area contributed by atoms with Crippen molar-refractivity contribution in [1.29, 1.82) is 0 Å². The fourth-order valence-electron chi connectivity index (χ4n) is 2.01. The second-order valence-electron chi connectivity index (χ2n) is 4.71. The highest BCUT2D eigenvalue weighted by Gasteiger charge is 2.11. The van der Waals surface area contributed by atoms with Crippen LogP contribution in [0.3, 0.4) is 0 Å². The molecule has 0 fully saturated rings. The Morgan fingerprint density at radius 2 is 1.81 bits per heavy atom. The van der Waals surface area contributed by atoms with Crippen LogP contribution in [-0.4, -0.2) is 18.8 Å². The first-order valence-corrected chi connectivity index (χ1v) is 7.94. The summed E-state index contributed by atoms with van der Waals surface area (Å²) in [5.41, 5.74) is 0.645. The molecule has 0 heterocycles. The highest BCUT2D eigenvalue weighted by atomic mass is 35.5. The van der Waals surface area contributed by atoms with E-state index in [0.29, 0.717) is 17.0 Å². The molecule has 0 saturated heterocycles. The molecule has 1 nitrogen and oxygen atoms in total. The SMILES string of the molecule is CNC(CSc1ccccc1Cl)Cc1cc(F)cc(F)c1. The third-order valence-corrected chi connectivity index (χ3v) is 4.77. The van der Waals surface area contributed by atoms with Crippen LogP contribution in [0, 0.1) is 11.6 Å². The second kappa shape index (κ2) is 7.78. The Bertz CT molecular complexity index is 586. The highest BCUT2D eigenvalue weighted by molar-refractivity contribution is 7.99. The van der Waals surface area contributed by atoms with E-state index in [1.807, 2.05) is 31.3 Å². The van der Waals surface area contributed by atoms with E-state index in [1.54, 1.807) is 11.8 Å². The summed E-state index contributed by atoms with van der Waals surface area (Å²) in [6.45, 7) is 0. The number of nitrogens with one attached hydrogen (secondary N) is 1. The first-order chi connectivity index (χ1) is 10.1. The topological polar surface area (TPSA) is 12.0 Å². The molecule has 0 amide bonds. The average Bonchev–Trinajstić information content (AvgIpc) is 2.44. The van der Waals surface area contributed by atoms with Crippen molar-refractivity contribution >= 4 is 23.4 Å². The van der Waals surface area contributed by atoms with Gasteiger partial charge in [0.15, 0.2) is 0 Å². The van der Waals surface area contributed by atoms with Crippen LogP contribution >= 0.6 is 23.4 Å². The summed E-state index contributed by atoms with van der Waals surface area (Å²) < 4.78 is 26.4. The van der Waals surface area contributed by atoms with Gasteiger partial charge in [0.1, 0.15) is 11.6 Å². The first kappa shape index (κ1) is 16.3. The minimum Gasteiger partial charge on any atom is -0.316 e. The number of benzene rings is 2. The van der Waals surface area contributed by atoms with Gasteiger partial charge >= 0.3 is 0 Å². The average molecular weight is 328 g/mol. The van der Waals surface area contributed by atoms with Crippen LogP contribution in [0.15, 0.2) is 47.4 Å². The second-order valence-corrected chi connectivity index (χ2v) is 6.18. The van der Waals surface area contributed by atoms with Gasteiger partial charge in [0.05, 0.1) is 5.02 Å². The van der Waals surface area contributed by atoms with Crippen molar-refractivity contribution in [2.24, 2.45) is 0 Å². The van der Waals surface area contributed by atoms with Gasteiger partial charge < -0.3 is 5.32 Å². The van der Waals surface area contributed by atoms with Crippen LogP contribution in [0.25, 0.3) is 0 Å². The minimum absolute atomic E-state index is 0.104. The summed E-state index contributed by atoms with van der Waals surface area (Å²) in [6.07, 6.45) is 0.558. The quantitative estimate of drug-likeness (QED) is 0.782. The van der Waals surface area contributed by atoms with Gasteiger partial charge in [0.2, 0.25) is 0 Å². The molecule has 1 N–H and O–H groups in total. The van der Waals surface area contributed by atoms with Crippen LogP contribution in [0.1, 0.15) is 5.56 Å². The van der Waals surface area contributed by atoms with Crippen molar-refractivity contribution in [2.75, 3.05) is 12.8 Å². The number of likely N-dealkylation sites (N-methyl/N-ethyl adjacent to an activating group) is 1. The lowest BCUT2D eigenvalue weighted by Gasteiger charge is -2.16. The van der Waals surface area contributed by atoms with Crippen molar-refractivity contribution < 1.29 is 8.78 Å². The van der Waals surface area contributed by atoms with Crippen molar-refractivity contribution in [1.82, 2.24) is 5.32 Å². The lowest BCUT2D eigenvalue weighted by molar-refractivity contribution is 0.569. The molecule has 0 aliphatic carbocycles. The molecule has 0 aromatic heterocycles. The fraction of sp³-hybridized carbons (Fsp3) is 0.250. The number of hydrogen-bond acceptors (Lipinski definition) is 2. The van der Waals surface area contributed by atoms with Crippen molar-refractivity contribution in [3.63, 3.8) is 0 Å². The normalized spacial score (nSPS) is 12.4. The number of halogens is 3. The van der Waals surface area contributed by atoms with Crippen LogP contribution in [0.5, 0.6) is 0 Å². The first-order valence-electron chi connectivity index (χ1n) is 6.58. The molecule has 112 valence electrons. The maximum atomic E-state index is 13.2. The van der Waals surface area contributed by atoms with Crippen LogP contribution in [0.2, 0.25) is 5.02 Å². The molecule has 0 radical (unpaired) electrons. The third kappa shape index (κ3) is 4.99. The summed E-state index contributed by atoms with van der Waals surface area (Å²) in [5.74, 6) is -0.324. The number of hydrogen-bond donors (Lipinski definition) is 1. The molecule has 0 saturated carbocycles. The van der Waals surface area contributed by atoms with E-state index in [0.717, 1.165) is 16.7 Å². The van der Waals surface area contributed by atoms with Gasteiger partial charge in [-0.2, -0.15) is 0 Å². The zero-order valence-electron chi connectivity index (χ0n) is 11.6. The van der Waals surface area contributed by atoms with Gasteiger partial charge in [-0.3, -0.25) is 0 Å².